The minimum Gasteiger partial charge on any atom is -0.343 e. The first-order chi connectivity index (χ1) is 14.2. The molecule has 0 radical (unpaired) electrons. The van der Waals surface area contributed by atoms with Gasteiger partial charge in [0.2, 0.25) is 15.9 Å². The van der Waals surface area contributed by atoms with Gasteiger partial charge in [-0.15, -0.1) is 0 Å². The van der Waals surface area contributed by atoms with E-state index in [1.165, 1.54) is 59.3 Å². The van der Waals surface area contributed by atoms with E-state index in [1.807, 2.05) is 0 Å². The van der Waals surface area contributed by atoms with E-state index >= 15 is 0 Å². The molecule has 30 heavy (non-hydrogen) atoms. The third-order valence-corrected chi connectivity index (χ3v) is 8.05. The van der Waals surface area contributed by atoms with Crippen LogP contribution in [0, 0.1) is 0 Å². The fourth-order valence-corrected chi connectivity index (χ4v) is 5.38. The van der Waals surface area contributed by atoms with Crippen LogP contribution >= 0.6 is 0 Å². The van der Waals surface area contributed by atoms with E-state index in [0.29, 0.717) is 25.7 Å². The number of pyridine rings is 1. The van der Waals surface area contributed by atoms with Gasteiger partial charge in [-0.1, -0.05) is 33.1 Å². The number of likely N-dealkylation sites (N-methyl/N-ethyl adjacent to an activating group) is 2. The van der Waals surface area contributed by atoms with Gasteiger partial charge in [-0.05, 0) is 26.0 Å². The first-order valence-corrected chi connectivity index (χ1v) is 12.3. The molecule has 2 rings (SSSR count). The summed E-state index contributed by atoms with van der Waals surface area (Å²) >= 11 is 0. The fourth-order valence-electron chi connectivity index (χ4n) is 3.90. The smallest absolute Gasteiger partial charge is 0.251 e. The van der Waals surface area contributed by atoms with E-state index < -0.39 is 15.6 Å². The van der Waals surface area contributed by atoms with Gasteiger partial charge in [0.15, 0.2) is 0 Å². The molecular weight excluding hydrogens is 404 g/mol. The summed E-state index contributed by atoms with van der Waals surface area (Å²) in [5.74, 6) is -0.216. The van der Waals surface area contributed by atoms with E-state index in [1.54, 1.807) is 25.8 Å². The molecule has 1 heterocycles. The van der Waals surface area contributed by atoms with E-state index in [4.69, 9.17) is 0 Å². The highest BCUT2D eigenvalue weighted by molar-refractivity contribution is 7.89. The van der Waals surface area contributed by atoms with Crippen LogP contribution in [0.25, 0.3) is 0 Å². The zero-order valence-corrected chi connectivity index (χ0v) is 19.5. The Labute approximate surface area is 180 Å². The maximum absolute atomic E-state index is 12.7. The molecule has 1 amide bonds. The number of rotatable bonds is 10. The van der Waals surface area contributed by atoms with Crippen LogP contribution in [0.1, 0.15) is 46.0 Å². The molecule has 1 aromatic rings. The summed E-state index contributed by atoms with van der Waals surface area (Å²) in [5, 5.41) is 0. The summed E-state index contributed by atoms with van der Waals surface area (Å²) in [6.07, 6.45) is 7.52. The Morgan fingerprint density at radius 1 is 1.07 bits per heavy atom. The molecule has 0 aliphatic heterocycles. The number of hydrogen-bond donors (Lipinski definition) is 0. The molecule has 0 N–H and O–H groups in total. The van der Waals surface area contributed by atoms with Crippen LogP contribution in [0.15, 0.2) is 28.0 Å². The van der Waals surface area contributed by atoms with Gasteiger partial charge in [0, 0.05) is 51.5 Å². The lowest BCUT2D eigenvalue weighted by Crippen LogP contribution is -2.41. The van der Waals surface area contributed by atoms with Gasteiger partial charge in [-0.3, -0.25) is 9.59 Å². The Kier molecular flexibility index (Phi) is 9.06. The van der Waals surface area contributed by atoms with Crippen LogP contribution in [0.3, 0.4) is 0 Å². The Hall–Kier alpha value is -1.71. The van der Waals surface area contributed by atoms with Crippen molar-refractivity contribution in [1.82, 2.24) is 18.7 Å². The van der Waals surface area contributed by atoms with Gasteiger partial charge in [-0.2, -0.15) is 4.31 Å². The lowest BCUT2D eigenvalue weighted by Gasteiger charge is -2.32. The zero-order chi connectivity index (χ0) is 22.3. The highest BCUT2D eigenvalue weighted by Crippen LogP contribution is 2.21. The molecule has 0 unspecified atom stereocenters. The molecule has 1 fully saturated rings. The minimum atomic E-state index is -3.69. The van der Waals surface area contributed by atoms with E-state index in [9.17, 15) is 18.0 Å². The van der Waals surface area contributed by atoms with Gasteiger partial charge in [0.1, 0.15) is 6.54 Å². The number of hydrogen-bond acceptors (Lipinski definition) is 5. The summed E-state index contributed by atoms with van der Waals surface area (Å²) in [5.41, 5.74) is -0.394. The molecule has 9 heteroatoms. The third-order valence-electron chi connectivity index (χ3n) is 6.02. The number of sulfonamides is 1. The van der Waals surface area contributed by atoms with Crippen molar-refractivity contribution in [3.8, 4) is 0 Å². The quantitative estimate of drug-likeness (QED) is 0.552. The van der Waals surface area contributed by atoms with Crippen molar-refractivity contribution in [2.24, 2.45) is 0 Å². The molecule has 1 aliphatic rings. The largest absolute Gasteiger partial charge is 0.343 e. The first-order valence-electron chi connectivity index (χ1n) is 10.9. The topological polar surface area (TPSA) is 82.9 Å². The average Bonchev–Trinajstić information content (AvgIpc) is 2.74. The second-order valence-electron chi connectivity index (χ2n) is 8.01. The van der Waals surface area contributed by atoms with Crippen LogP contribution < -0.4 is 5.56 Å². The van der Waals surface area contributed by atoms with Gasteiger partial charge in [-0.25, -0.2) is 8.42 Å². The Bertz CT molecular complexity index is 858. The second kappa shape index (κ2) is 11.1. The highest BCUT2D eigenvalue weighted by Gasteiger charge is 2.23. The number of carbonyl (C=O) groups is 1. The van der Waals surface area contributed by atoms with Crippen molar-refractivity contribution in [1.29, 1.82) is 0 Å². The van der Waals surface area contributed by atoms with Crippen LogP contribution in [0.2, 0.25) is 0 Å². The zero-order valence-electron chi connectivity index (χ0n) is 18.7. The summed E-state index contributed by atoms with van der Waals surface area (Å²) < 4.78 is 27.9. The molecule has 0 aromatic carbocycles. The molecule has 0 atom stereocenters. The number of carbonyl (C=O) groups excluding carboxylic acids is 1. The summed E-state index contributed by atoms with van der Waals surface area (Å²) in [7, 11) is 0.130. The number of aromatic nitrogens is 1. The number of amides is 1. The molecular formula is C21H36N4O4S. The first kappa shape index (κ1) is 24.6. The van der Waals surface area contributed by atoms with Crippen molar-refractivity contribution in [2.75, 3.05) is 40.3 Å². The minimum absolute atomic E-state index is 0.0262. The molecule has 8 nitrogen and oxygen atoms in total. The standard InChI is InChI=1S/C21H36N4O4S/c1-5-25(6-2)30(28,29)19-12-13-20(26)24(16-19)17-21(27)23(4)15-14-22(3)18-10-8-7-9-11-18/h12-13,16,18H,5-11,14-15,17H2,1-4H3. The second-order valence-corrected chi connectivity index (χ2v) is 9.95. The average molecular weight is 441 g/mol. The van der Waals surface area contributed by atoms with Crippen molar-refractivity contribution >= 4 is 15.9 Å². The van der Waals surface area contributed by atoms with Crippen molar-refractivity contribution in [3.05, 3.63) is 28.7 Å². The van der Waals surface area contributed by atoms with Gasteiger partial charge in [0.25, 0.3) is 5.56 Å². The van der Waals surface area contributed by atoms with Gasteiger partial charge in [0.05, 0.1) is 4.90 Å². The molecule has 0 spiro atoms. The summed E-state index contributed by atoms with van der Waals surface area (Å²) in [6.45, 7) is 5.38. The fraction of sp³-hybridized carbons (Fsp3) is 0.714. The maximum atomic E-state index is 12.7. The van der Waals surface area contributed by atoms with Crippen molar-refractivity contribution < 1.29 is 13.2 Å². The third kappa shape index (κ3) is 6.15. The predicted octanol–water partition coefficient (Wildman–Crippen LogP) is 1.60. The van der Waals surface area contributed by atoms with Crippen LogP contribution in [0.5, 0.6) is 0 Å². The molecule has 1 saturated carbocycles. The van der Waals surface area contributed by atoms with Crippen LogP contribution in [-0.2, 0) is 21.4 Å². The lowest BCUT2D eigenvalue weighted by molar-refractivity contribution is -0.130. The molecule has 170 valence electrons. The predicted molar refractivity (Wildman–Crippen MR) is 118 cm³/mol. The number of nitrogens with zero attached hydrogens (tertiary/aromatic N) is 4. The van der Waals surface area contributed by atoms with E-state index in [0.717, 1.165) is 6.54 Å². The van der Waals surface area contributed by atoms with Crippen LogP contribution in [-0.4, -0.2) is 79.3 Å². The van der Waals surface area contributed by atoms with Gasteiger partial charge < -0.3 is 14.4 Å². The summed E-state index contributed by atoms with van der Waals surface area (Å²) in [6, 6.07) is 3.09. The van der Waals surface area contributed by atoms with Crippen molar-refractivity contribution in [3.63, 3.8) is 0 Å². The maximum Gasteiger partial charge on any atom is 0.251 e. The Morgan fingerprint density at radius 2 is 1.70 bits per heavy atom. The highest BCUT2D eigenvalue weighted by atomic mass is 32.2. The van der Waals surface area contributed by atoms with Gasteiger partial charge >= 0.3 is 0 Å². The van der Waals surface area contributed by atoms with Crippen LogP contribution in [0.4, 0.5) is 0 Å². The van der Waals surface area contributed by atoms with E-state index in [-0.39, 0.29) is 17.3 Å². The Morgan fingerprint density at radius 3 is 2.30 bits per heavy atom. The molecule has 0 saturated heterocycles. The molecule has 1 aromatic heterocycles. The monoisotopic (exact) mass is 440 g/mol. The normalized spacial score (nSPS) is 15.7. The van der Waals surface area contributed by atoms with Crippen molar-refractivity contribution in [2.45, 2.75) is 63.4 Å². The molecule has 0 bridgehead atoms. The Balaban J connectivity index is 2.02. The summed E-state index contributed by atoms with van der Waals surface area (Å²) in [4.78, 5) is 28.8. The lowest BCUT2D eigenvalue weighted by atomic mass is 9.94. The molecule has 1 aliphatic carbocycles. The van der Waals surface area contributed by atoms with E-state index in [2.05, 4.69) is 11.9 Å². The SMILES string of the molecule is CCN(CC)S(=O)(=O)c1ccc(=O)n(CC(=O)N(C)CCN(C)C2CCCCC2)c1.